The average molecular weight is 216 g/mol. The van der Waals surface area contributed by atoms with Crippen LogP contribution in [0.5, 0.6) is 0 Å². The van der Waals surface area contributed by atoms with Crippen LogP contribution in [0, 0.1) is 0 Å². The van der Waals surface area contributed by atoms with Gasteiger partial charge in [0.25, 0.3) is 0 Å². The van der Waals surface area contributed by atoms with Crippen molar-refractivity contribution in [3.8, 4) is 0 Å². The van der Waals surface area contributed by atoms with Crippen molar-refractivity contribution in [1.82, 2.24) is 10.2 Å². The van der Waals surface area contributed by atoms with Crippen LogP contribution in [-0.4, -0.2) is 42.6 Å². The van der Waals surface area contributed by atoms with Crippen molar-refractivity contribution in [2.75, 3.05) is 14.1 Å². The molecule has 15 heavy (non-hydrogen) atoms. The number of carbonyl (C=O) groups is 2. The minimum absolute atomic E-state index is 0.219. The summed E-state index contributed by atoms with van der Waals surface area (Å²) in [5, 5.41) is 2.47. The van der Waals surface area contributed by atoms with E-state index in [1.807, 2.05) is 0 Å². The smallest absolute Gasteiger partial charge is 0.410 e. The number of amides is 2. The van der Waals surface area contributed by atoms with E-state index in [0.717, 1.165) is 0 Å². The van der Waals surface area contributed by atoms with E-state index in [2.05, 4.69) is 5.32 Å². The zero-order valence-electron chi connectivity index (χ0n) is 10.2. The van der Waals surface area contributed by atoms with E-state index in [-0.39, 0.29) is 5.91 Å². The molecule has 1 unspecified atom stereocenters. The van der Waals surface area contributed by atoms with Crippen molar-refractivity contribution < 1.29 is 14.3 Å². The number of likely N-dealkylation sites (N-methyl/N-ethyl adjacent to an activating group) is 2. The number of ether oxygens (including phenoxy) is 1. The van der Waals surface area contributed by atoms with Crippen molar-refractivity contribution >= 4 is 12.0 Å². The summed E-state index contributed by atoms with van der Waals surface area (Å²) in [6, 6.07) is -0.537. The van der Waals surface area contributed by atoms with Crippen LogP contribution in [0.4, 0.5) is 4.79 Å². The minimum Gasteiger partial charge on any atom is -0.444 e. The Bertz CT molecular complexity index is 246. The molecule has 0 bridgehead atoms. The largest absolute Gasteiger partial charge is 0.444 e. The summed E-state index contributed by atoms with van der Waals surface area (Å²) in [7, 11) is 3.07. The first-order valence-corrected chi connectivity index (χ1v) is 4.86. The molecule has 0 spiro atoms. The molecule has 0 aromatic carbocycles. The van der Waals surface area contributed by atoms with E-state index < -0.39 is 17.7 Å². The molecule has 0 aromatic heterocycles. The van der Waals surface area contributed by atoms with E-state index in [0.29, 0.717) is 0 Å². The third kappa shape index (κ3) is 4.67. The van der Waals surface area contributed by atoms with E-state index in [9.17, 15) is 9.59 Å². The highest BCUT2D eigenvalue weighted by Crippen LogP contribution is 2.10. The van der Waals surface area contributed by atoms with Gasteiger partial charge < -0.3 is 10.1 Å². The van der Waals surface area contributed by atoms with Gasteiger partial charge in [-0.2, -0.15) is 0 Å². The summed E-state index contributed by atoms with van der Waals surface area (Å²) in [5.74, 6) is -0.219. The predicted octanol–water partition coefficient (Wildman–Crippen LogP) is 0.988. The third-order valence-electron chi connectivity index (χ3n) is 1.89. The molecule has 0 aromatic rings. The standard InChI is InChI=1S/C10H20N2O3/c1-7(8(13)11-5)12(6)9(14)15-10(2,3)4/h7H,1-6H3,(H,11,13). The Morgan fingerprint density at radius 3 is 2.13 bits per heavy atom. The number of hydrogen-bond acceptors (Lipinski definition) is 3. The molecule has 0 heterocycles. The van der Waals surface area contributed by atoms with Crippen LogP contribution in [0.2, 0.25) is 0 Å². The summed E-state index contributed by atoms with van der Waals surface area (Å²) < 4.78 is 5.12. The molecular formula is C10H20N2O3. The maximum atomic E-state index is 11.5. The van der Waals surface area contributed by atoms with E-state index >= 15 is 0 Å². The Hall–Kier alpha value is -1.26. The SMILES string of the molecule is CNC(=O)C(C)N(C)C(=O)OC(C)(C)C. The fraction of sp³-hybridized carbons (Fsp3) is 0.800. The van der Waals surface area contributed by atoms with Crippen LogP contribution in [0.15, 0.2) is 0 Å². The zero-order chi connectivity index (χ0) is 12.2. The molecule has 0 aliphatic rings. The minimum atomic E-state index is -0.548. The number of carbonyl (C=O) groups excluding carboxylic acids is 2. The van der Waals surface area contributed by atoms with E-state index in [1.165, 1.54) is 19.0 Å². The molecule has 88 valence electrons. The zero-order valence-corrected chi connectivity index (χ0v) is 10.2. The van der Waals surface area contributed by atoms with Gasteiger partial charge in [-0.1, -0.05) is 0 Å². The molecule has 0 saturated heterocycles. The van der Waals surface area contributed by atoms with E-state index in [4.69, 9.17) is 4.74 Å². The van der Waals surface area contributed by atoms with Crippen molar-refractivity contribution in [3.05, 3.63) is 0 Å². The quantitative estimate of drug-likeness (QED) is 0.748. The Kier molecular flexibility index (Phi) is 4.58. The van der Waals surface area contributed by atoms with Crippen molar-refractivity contribution in [3.63, 3.8) is 0 Å². The highest BCUT2D eigenvalue weighted by molar-refractivity contribution is 5.84. The normalized spacial score (nSPS) is 12.9. The predicted molar refractivity (Wildman–Crippen MR) is 57.5 cm³/mol. The second-order valence-electron chi connectivity index (χ2n) is 4.38. The lowest BCUT2D eigenvalue weighted by atomic mass is 10.2. The number of nitrogens with zero attached hydrogens (tertiary/aromatic N) is 1. The topological polar surface area (TPSA) is 58.6 Å². The molecule has 0 aliphatic carbocycles. The van der Waals surface area contributed by atoms with Crippen LogP contribution in [-0.2, 0) is 9.53 Å². The Morgan fingerprint density at radius 2 is 1.80 bits per heavy atom. The summed E-state index contributed by atoms with van der Waals surface area (Å²) in [4.78, 5) is 24.1. The first-order chi connectivity index (χ1) is 6.69. The van der Waals surface area contributed by atoms with Crippen LogP contribution in [0.1, 0.15) is 27.7 Å². The summed E-state index contributed by atoms with van der Waals surface area (Å²) >= 11 is 0. The molecule has 0 rings (SSSR count). The van der Waals surface area contributed by atoms with Crippen LogP contribution in [0.3, 0.4) is 0 Å². The summed E-state index contributed by atoms with van der Waals surface area (Å²) in [6.45, 7) is 6.98. The molecule has 5 heteroatoms. The van der Waals surface area contributed by atoms with Gasteiger partial charge in [0.05, 0.1) is 0 Å². The molecule has 0 fully saturated rings. The highest BCUT2D eigenvalue weighted by atomic mass is 16.6. The number of rotatable bonds is 2. The molecule has 1 N–H and O–H groups in total. The van der Waals surface area contributed by atoms with Gasteiger partial charge in [-0.05, 0) is 27.7 Å². The van der Waals surface area contributed by atoms with Crippen LogP contribution < -0.4 is 5.32 Å². The van der Waals surface area contributed by atoms with Crippen LogP contribution in [0.25, 0.3) is 0 Å². The second-order valence-corrected chi connectivity index (χ2v) is 4.38. The van der Waals surface area contributed by atoms with Crippen LogP contribution >= 0.6 is 0 Å². The van der Waals surface area contributed by atoms with Crippen molar-refractivity contribution in [2.24, 2.45) is 0 Å². The lowest BCUT2D eigenvalue weighted by molar-refractivity contribution is -0.124. The first kappa shape index (κ1) is 13.7. The number of nitrogens with one attached hydrogen (secondary N) is 1. The Labute approximate surface area is 90.8 Å². The molecule has 1 atom stereocenters. The molecule has 5 nitrogen and oxygen atoms in total. The van der Waals surface area contributed by atoms with Gasteiger partial charge in [0, 0.05) is 14.1 Å². The van der Waals surface area contributed by atoms with Gasteiger partial charge in [0.2, 0.25) is 5.91 Å². The van der Waals surface area contributed by atoms with Crippen molar-refractivity contribution in [1.29, 1.82) is 0 Å². The Morgan fingerprint density at radius 1 is 1.33 bits per heavy atom. The van der Waals surface area contributed by atoms with Gasteiger partial charge in [-0.3, -0.25) is 9.69 Å². The average Bonchev–Trinajstić information content (AvgIpc) is 2.11. The lowest BCUT2D eigenvalue weighted by Gasteiger charge is -2.27. The molecule has 0 aliphatic heterocycles. The van der Waals surface area contributed by atoms with Gasteiger partial charge in [0.1, 0.15) is 11.6 Å². The second kappa shape index (κ2) is 5.00. The van der Waals surface area contributed by atoms with E-state index in [1.54, 1.807) is 27.7 Å². The first-order valence-electron chi connectivity index (χ1n) is 4.86. The van der Waals surface area contributed by atoms with Gasteiger partial charge in [-0.25, -0.2) is 4.79 Å². The molecule has 0 saturated carbocycles. The fourth-order valence-corrected chi connectivity index (χ4v) is 0.877. The summed E-state index contributed by atoms with van der Waals surface area (Å²) in [6.07, 6.45) is -0.501. The van der Waals surface area contributed by atoms with Crippen molar-refractivity contribution in [2.45, 2.75) is 39.3 Å². The maximum Gasteiger partial charge on any atom is 0.410 e. The monoisotopic (exact) mass is 216 g/mol. The molecule has 2 amide bonds. The van der Waals surface area contributed by atoms with Gasteiger partial charge in [-0.15, -0.1) is 0 Å². The van der Waals surface area contributed by atoms with Gasteiger partial charge in [0.15, 0.2) is 0 Å². The fourth-order valence-electron chi connectivity index (χ4n) is 0.877. The third-order valence-corrected chi connectivity index (χ3v) is 1.89. The maximum absolute atomic E-state index is 11.5. The number of hydrogen-bond donors (Lipinski definition) is 1. The molecular weight excluding hydrogens is 196 g/mol. The Balaban J connectivity index is 4.39. The molecule has 0 radical (unpaired) electrons. The highest BCUT2D eigenvalue weighted by Gasteiger charge is 2.25. The van der Waals surface area contributed by atoms with Gasteiger partial charge >= 0.3 is 6.09 Å². The summed E-state index contributed by atoms with van der Waals surface area (Å²) in [5.41, 5.74) is -0.548. The lowest BCUT2D eigenvalue weighted by Crippen LogP contribution is -2.46.